The second kappa shape index (κ2) is 6.94. The zero-order valence-electron chi connectivity index (χ0n) is 15.2. The van der Waals surface area contributed by atoms with Gasteiger partial charge >= 0.3 is 0 Å². The van der Waals surface area contributed by atoms with Crippen molar-refractivity contribution in [2.24, 2.45) is 5.73 Å². The molecular weight excluding hydrogens is 398 g/mol. The molecule has 0 spiro atoms. The molecule has 1 aromatic heterocycles. The number of hydrogen-bond donors (Lipinski definition) is 4. The van der Waals surface area contributed by atoms with Crippen molar-refractivity contribution >= 4 is 27.2 Å². The molecule has 0 saturated carbocycles. The van der Waals surface area contributed by atoms with Crippen molar-refractivity contribution in [3.63, 3.8) is 0 Å². The molecule has 0 bridgehead atoms. The van der Waals surface area contributed by atoms with E-state index in [1.54, 1.807) is 12.1 Å². The molecule has 2 aromatic rings. The van der Waals surface area contributed by atoms with Gasteiger partial charge in [-0.1, -0.05) is 0 Å². The minimum atomic E-state index is -0.548. The number of nitrogens with two attached hydrogens (primary N) is 1. The normalized spacial score (nSPS) is 19.8. The van der Waals surface area contributed by atoms with Gasteiger partial charge in [-0.25, -0.2) is 8.78 Å². The Hall–Kier alpha value is -2.75. The van der Waals surface area contributed by atoms with Gasteiger partial charge in [0, 0.05) is 35.2 Å². The zero-order chi connectivity index (χ0) is 20.1. The largest absolute Gasteiger partial charge is 0.380 e. The Labute approximate surface area is 168 Å². The lowest BCUT2D eigenvalue weighted by Gasteiger charge is -2.30. The summed E-state index contributed by atoms with van der Waals surface area (Å²) in [6.07, 6.45) is 2.01. The average molecular weight is 416 g/mol. The van der Waals surface area contributed by atoms with Crippen molar-refractivity contribution in [2.75, 3.05) is 18.5 Å². The number of aromatic nitrogens is 2. The molecule has 9 heteroatoms. The van der Waals surface area contributed by atoms with E-state index in [9.17, 15) is 9.18 Å². The number of fused-ring (bicyclic) bond motifs is 2. The Bertz CT molecular complexity index is 1230. The zero-order valence-corrected chi connectivity index (χ0v) is 16.0. The molecule has 0 radical (unpaired) electrons. The number of H-pyrrole nitrogens is 2. The predicted molar refractivity (Wildman–Crippen MR) is 110 cm³/mol. The molecule has 0 unspecified atom stereocenters. The molecule has 1 aromatic carbocycles. The highest BCUT2D eigenvalue weighted by Gasteiger charge is 2.28. The van der Waals surface area contributed by atoms with E-state index in [4.69, 9.17) is 10.5 Å². The van der Waals surface area contributed by atoms with E-state index in [-0.39, 0.29) is 40.4 Å². The van der Waals surface area contributed by atoms with Gasteiger partial charge in [0.2, 0.25) is 0 Å². The first kappa shape index (κ1) is 18.3. The van der Waals surface area contributed by atoms with Gasteiger partial charge in [-0.05, 0) is 36.1 Å². The van der Waals surface area contributed by atoms with Crippen LogP contribution in [0, 0.1) is 11.6 Å². The maximum atomic E-state index is 15.1. The van der Waals surface area contributed by atoms with Crippen LogP contribution in [0.25, 0.3) is 31.8 Å². The third-order valence-corrected chi connectivity index (χ3v) is 6.39. The van der Waals surface area contributed by atoms with Crippen LogP contribution in [0.3, 0.4) is 0 Å². The first-order valence-electron chi connectivity index (χ1n) is 9.23. The van der Waals surface area contributed by atoms with E-state index in [1.807, 2.05) is 0 Å². The lowest BCUT2D eigenvalue weighted by atomic mass is 10.0. The van der Waals surface area contributed by atoms with Crippen LogP contribution in [0.4, 0.5) is 14.6 Å². The molecule has 4 heterocycles. The van der Waals surface area contributed by atoms with Crippen LogP contribution in [0.2, 0.25) is 0 Å². The maximum Gasteiger partial charge on any atom is 0.258 e. The summed E-state index contributed by atoms with van der Waals surface area (Å²) < 4.78 is 35.0. The summed E-state index contributed by atoms with van der Waals surface area (Å²) >= 11 is 1.40. The molecule has 1 saturated heterocycles. The Morgan fingerprint density at radius 1 is 1.28 bits per heavy atom. The predicted octanol–water partition coefficient (Wildman–Crippen LogP) is 3.50. The molecule has 2 atom stereocenters. The van der Waals surface area contributed by atoms with Crippen LogP contribution in [-0.4, -0.2) is 35.3 Å². The van der Waals surface area contributed by atoms with Gasteiger partial charge in [-0.15, -0.1) is 11.3 Å². The number of thiophene rings is 1. The SMILES string of the molecule is N[C@H]1COCC[C@H]1Nc1[nH]c(-c2cc3cc(F)ccc3s2)c2c(=O)[nH]cc-2c1F. The van der Waals surface area contributed by atoms with Crippen molar-refractivity contribution < 1.29 is 13.5 Å². The smallest absolute Gasteiger partial charge is 0.258 e. The summed E-state index contributed by atoms with van der Waals surface area (Å²) in [6.45, 7) is 0.934. The van der Waals surface area contributed by atoms with Crippen molar-refractivity contribution in [2.45, 2.75) is 18.5 Å². The third-order valence-electron chi connectivity index (χ3n) is 5.25. The van der Waals surface area contributed by atoms with Crippen molar-refractivity contribution in [1.82, 2.24) is 9.97 Å². The van der Waals surface area contributed by atoms with E-state index in [2.05, 4.69) is 15.3 Å². The fourth-order valence-electron chi connectivity index (χ4n) is 3.75. The number of anilines is 1. The first-order chi connectivity index (χ1) is 14.0. The molecule has 150 valence electrons. The number of hydrogen-bond acceptors (Lipinski definition) is 5. The van der Waals surface area contributed by atoms with E-state index in [0.29, 0.717) is 30.2 Å². The number of nitrogens with one attached hydrogen (secondary N) is 3. The third kappa shape index (κ3) is 3.11. The average Bonchev–Trinajstić information content (AvgIpc) is 3.29. The van der Waals surface area contributed by atoms with E-state index >= 15 is 4.39 Å². The van der Waals surface area contributed by atoms with Gasteiger partial charge in [-0.2, -0.15) is 0 Å². The Kier molecular flexibility index (Phi) is 4.38. The fraction of sp³-hybridized carbons (Fsp3) is 0.250. The number of pyridine rings is 1. The second-order valence-corrected chi connectivity index (χ2v) is 8.25. The molecule has 3 aliphatic heterocycles. The summed E-state index contributed by atoms with van der Waals surface area (Å²) in [5.74, 6) is -0.720. The van der Waals surface area contributed by atoms with Gasteiger partial charge in [0.25, 0.3) is 5.56 Å². The molecule has 5 N–H and O–H groups in total. The second-order valence-electron chi connectivity index (χ2n) is 7.17. The summed E-state index contributed by atoms with van der Waals surface area (Å²) in [6, 6.07) is 5.87. The Morgan fingerprint density at radius 3 is 2.97 bits per heavy atom. The minimum Gasteiger partial charge on any atom is -0.380 e. The maximum absolute atomic E-state index is 15.1. The van der Waals surface area contributed by atoms with E-state index in [1.165, 1.54) is 29.7 Å². The fourth-order valence-corrected chi connectivity index (χ4v) is 4.80. The monoisotopic (exact) mass is 416 g/mol. The van der Waals surface area contributed by atoms with Crippen LogP contribution >= 0.6 is 11.3 Å². The molecule has 3 aliphatic rings. The summed E-state index contributed by atoms with van der Waals surface area (Å²) in [5.41, 5.74) is 6.62. The molecular formula is C20H18F2N4O2S. The van der Waals surface area contributed by atoms with Gasteiger partial charge in [0.15, 0.2) is 5.82 Å². The molecule has 5 rings (SSSR count). The lowest BCUT2D eigenvalue weighted by molar-refractivity contribution is 0.0751. The summed E-state index contributed by atoms with van der Waals surface area (Å²) in [7, 11) is 0. The Morgan fingerprint density at radius 2 is 2.14 bits per heavy atom. The number of ether oxygens (including phenoxy) is 1. The van der Waals surface area contributed by atoms with Crippen LogP contribution in [-0.2, 0) is 4.74 Å². The van der Waals surface area contributed by atoms with Crippen molar-refractivity contribution in [3.05, 3.63) is 52.5 Å². The van der Waals surface area contributed by atoms with Gasteiger partial charge in [0.05, 0.1) is 22.7 Å². The van der Waals surface area contributed by atoms with Gasteiger partial charge < -0.3 is 25.8 Å². The number of benzene rings is 1. The summed E-state index contributed by atoms with van der Waals surface area (Å²) in [4.78, 5) is 18.7. The van der Waals surface area contributed by atoms with Crippen LogP contribution in [0.1, 0.15) is 6.42 Å². The highest BCUT2D eigenvalue weighted by atomic mass is 32.1. The summed E-state index contributed by atoms with van der Waals surface area (Å²) in [5, 5.41) is 3.87. The molecule has 6 nitrogen and oxygen atoms in total. The molecule has 0 amide bonds. The van der Waals surface area contributed by atoms with Crippen LogP contribution in [0.5, 0.6) is 0 Å². The molecule has 0 aliphatic carbocycles. The van der Waals surface area contributed by atoms with Gasteiger partial charge in [-0.3, -0.25) is 4.79 Å². The van der Waals surface area contributed by atoms with Crippen molar-refractivity contribution in [1.29, 1.82) is 0 Å². The molecule has 29 heavy (non-hydrogen) atoms. The van der Waals surface area contributed by atoms with Crippen LogP contribution in [0.15, 0.2) is 35.3 Å². The van der Waals surface area contributed by atoms with E-state index < -0.39 is 5.82 Å². The highest BCUT2D eigenvalue weighted by Crippen LogP contribution is 2.40. The molecule has 1 fully saturated rings. The van der Waals surface area contributed by atoms with Crippen molar-refractivity contribution in [3.8, 4) is 21.7 Å². The first-order valence-corrected chi connectivity index (χ1v) is 10.0. The standard InChI is InChI=1S/C20H18F2N4O2S/c21-10-1-2-14-9(5-10)6-15(29-14)18-16-11(7-24-20(16)27)17(22)19(26-18)25-13-3-4-28-8-12(13)23/h1-2,5-7,12-13,25-26H,3-4,8,23H2,(H,24,27)/t12-,13+/m0/s1. The Balaban J connectivity index is 1.66. The lowest BCUT2D eigenvalue weighted by Crippen LogP contribution is -2.47. The number of halogens is 2. The quantitative estimate of drug-likeness (QED) is 0.411. The van der Waals surface area contributed by atoms with Crippen LogP contribution < -0.4 is 16.6 Å². The van der Waals surface area contributed by atoms with Gasteiger partial charge in [0.1, 0.15) is 11.6 Å². The number of aromatic amines is 2. The number of rotatable bonds is 3. The topological polar surface area (TPSA) is 95.9 Å². The minimum absolute atomic E-state index is 0.164. The van der Waals surface area contributed by atoms with E-state index in [0.717, 1.165) is 10.1 Å². The highest BCUT2D eigenvalue weighted by molar-refractivity contribution is 7.22.